The molecule has 2 rings (SSSR count). The summed E-state index contributed by atoms with van der Waals surface area (Å²) >= 11 is 13.0. The zero-order chi connectivity index (χ0) is 13.8. The van der Waals surface area contributed by atoms with E-state index in [-0.39, 0.29) is 5.91 Å². The lowest BCUT2D eigenvalue weighted by molar-refractivity contribution is 0.0581. The average molecular weight is 410 g/mol. The highest BCUT2D eigenvalue weighted by molar-refractivity contribution is 9.10. The number of benzene rings is 1. The van der Waals surface area contributed by atoms with E-state index in [2.05, 4.69) is 31.9 Å². The van der Waals surface area contributed by atoms with Crippen molar-refractivity contribution in [2.24, 2.45) is 0 Å². The highest BCUT2D eigenvalue weighted by Crippen LogP contribution is 2.29. The third-order valence-electron chi connectivity index (χ3n) is 3.47. The van der Waals surface area contributed by atoms with E-state index in [1.54, 1.807) is 12.1 Å². The van der Waals surface area contributed by atoms with E-state index >= 15 is 0 Å². The lowest BCUT2D eigenvalue weighted by atomic mass is 9.91. The highest BCUT2D eigenvalue weighted by Gasteiger charge is 2.29. The molecule has 0 saturated heterocycles. The van der Waals surface area contributed by atoms with Gasteiger partial charge in [-0.2, -0.15) is 0 Å². The molecule has 0 aliphatic heterocycles. The van der Waals surface area contributed by atoms with Gasteiger partial charge in [0.05, 0.1) is 10.6 Å². The zero-order valence-corrected chi connectivity index (χ0v) is 14.5. The van der Waals surface area contributed by atoms with Gasteiger partial charge >= 0.3 is 0 Å². The summed E-state index contributed by atoms with van der Waals surface area (Å²) in [5, 5.41) is 1.43. The molecule has 0 N–H and O–H groups in total. The Morgan fingerprint density at radius 2 is 2.16 bits per heavy atom. The first-order valence-corrected chi connectivity index (χ1v) is 8.74. The van der Waals surface area contributed by atoms with E-state index < -0.39 is 0 Å². The summed E-state index contributed by atoms with van der Waals surface area (Å²) in [5.41, 5.74) is 0.603. The van der Waals surface area contributed by atoms with Gasteiger partial charge in [0.25, 0.3) is 5.91 Å². The largest absolute Gasteiger partial charge is 0.336 e. The molecule has 19 heavy (non-hydrogen) atoms. The summed E-state index contributed by atoms with van der Waals surface area (Å²) in [7, 11) is 0. The fraction of sp³-hybridized carbons (Fsp3) is 0.500. The molecule has 0 heterocycles. The van der Waals surface area contributed by atoms with E-state index in [0.29, 0.717) is 16.6 Å². The summed E-state index contributed by atoms with van der Waals surface area (Å²) in [4.78, 5) is 14.6. The third-order valence-corrected chi connectivity index (χ3v) is 4.84. The normalized spacial score (nSPS) is 15.1. The second-order valence-electron chi connectivity index (χ2n) is 4.75. The molecule has 0 bridgehead atoms. The number of hydrogen-bond acceptors (Lipinski definition) is 1. The highest BCUT2D eigenvalue weighted by atomic mass is 79.9. The van der Waals surface area contributed by atoms with Crippen LogP contribution in [0.2, 0.25) is 5.02 Å². The van der Waals surface area contributed by atoms with Crippen LogP contribution < -0.4 is 0 Å². The molecular formula is C14H16Br2ClNO. The summed E-state index contributed by atoms with van der Waals surface area (Å²) in [6, 6.07) is 5.83. The van der Waals surface area contributed by atoms with Crippen molar-refractivity contribution >= 4 is 49.4 Å². The number of rotatable bonds is 5. The summed E-state index contributed by atoms with van der Waals surface area (Å²) in [6.07, 6.45) is 4.41. The molecule has 1 amide bonds. The van der Waals surface area contributed by atoms with Crippen molar-refractivity contribution in [3.63, 3.8) is 0 Å². The van der Waals surface area contributed by atoms with Gasteiger partial charge in [0, 0.05) is 22.4 Å². The predicted octanol–water partition coefficient (Wildman–Crippen LogP) is 4.88. The number of amides is 1. The van der Waals surface area contributed by atoms with E-state index in [1.165, 1.54) is 6.42 Å². The molecule has 5 heteroatoms. The first-order valence-electron chi connectivity index (χ1n) is 6.45. The Labute approximate surface area is 135 Å². The van der Waals surface area contributed by atoms with Crippen molar-refractivity contribution in [3.05, 3.63) is 33.3 Å². The van der Waals surface area contributed by atoms with Gasteiger partial charge in [-0.15, -0.1) is 0 Å². The Kier molecular flexibility index (Phi) is 5.72. The fourth-order valence-corrected chi connectivity index (χ4v) is 3.20. The fourth-order valence-electron chi connectivity index (χ4n) is 2.20. The van der Waals surface area contributed by atoms with Crippen LogP contribution in [0.4, 0.5) is 0 Å². The SMILES string of the molecule is O=C(c1ccc(Br)cc1Cl)N(CCCBr)C1CCC1. The molecule has 0 aromatic heterocycles. The van der Waals surface area contributed by atoms with Crippen LogP contribution in [0.1, 0.15) is 36.0 Å². The van der Waals surface area contributed by atoms with Crippen molar-refractivity contribution in [1.82, 2.24) is 4.90 Å². The van der Waals surface area contributed by atoms with E-state index in [4.69, 9.17) is 11.6 Å². The second kappa shape index (κ2) is 7.09. The number of halogens is 3. The van der Waals surface area contributed by atoms with Crippen LogP contribution in [0.15, 0.2) is 22.7 Å². The van der Waals surface area contributed by atoms with Gasteiger partial charge in [-0.25, -0.2) is 0 Å². The maximum Gasteiger partial charge on any atom is 0.255 e. The molecule has 1 aromatic carbocycles. The molecular weight excluding hydrogens is 393 g/mol. The van der Waals surface area contributed by atoms with Gasteiger partial charge in [0.2, 0.25) is 0 Å². The Morgan fingerprint density at radius 3 is 2.68 bits per heavy atom. The van der Waals surface area contributed by atoms with E-state index in [1.807, 2.05) is 11.0 Å². The minimum Gasteiger partial charge on any atom is -0.336 e. The summed E-state index contributed by atoms with van der Waals surface area (Å²) < 4.78 is 0.893. The lowest BCUT2D eigenvalue weighted by Gasteiger charge is -2.37. The van der Waals surface area contributed by atoms with Gasteiger partial charge in [-0.1, -0.05) is 43.5 Å². The van der Waals surface area contributed by atoms with Crippen LogP contribution in [0, 0.1) is 0 Å². The minimum atomic E-state index is 0.0585. The minimum absolute atomic E-state index is 0.0585. The van der Waals surface area contributed by atoms with Crippen LogP contribution in [0.5, 0.6) is 0 Å². The van der Waals surface area contributed by atoms with Crippen LogP contribution in [0.25, 0.3) is 0 Å². The first kappa shape index (κ1) is 15.3. The Morgan fingerprint density at radius 1 is 1.42 bits per heavy atom. The zero-order valence-electron chi connectivity index (χ0n) is 10.5. The lowest BCUT2D eigenvalue weighted by Crippen LogP contribution is -2.44. The molecule has 1 saturated carbocycles. The van der Waals surface area contributed by atoms with Gasteiger partial charge in [-0.05, 0) is 43.9 Å². The van der Waals surface area contributed by atoms with Gasteiger partial charge in [0.15, 0.2) is 0 Å². The number of nitrogens with zero attached hydrogens (tertiary/aromatic N) is 1. The smallest absolute Gasteiger partial charge is 0.255 e. The molecule has 1 fully saturated rings. The molecule has 2 nitrogen and oxygen atoms in total. The van der Waals surface area contributed by atoms with Crippen LogP contribution in [-0.2, 0) is 0 Å². The van der Waals surface area contributed by atoms with Crippen LogP contribution in [0.3, 0.4) is 0 Å². The molecule has 0 spiro atoms. The topological polar surface area (TPSA) is 20.3 Å². The van der Waals surface area contributed by atoms with Crippen LogP contribution in [-0.4, -0.2) is 28.7 Å². The molecule has 1 aliphatic rings. The summed E-state index contributed by atoms with van der Waals surface area (Å²) in [6.45, 7) is 0.793. The quantitative estimate of drug-likeness (QED) is 0.635. The second-order valence-corrected chi connectivity index (χ2v) is 6.87. The molecule has 0 unspecified atom stereocenters. The molecule has 0 atom stereocenters. The van der Waals surface area contributed by atoms with Crippen LogP contribution >= 0.6 is 43.5 Å². The Balaban J connectivity index is 2.17. The van der Waals surface area contributed by atoms with Crippen molar-refractivity contribution in [3.8, 4) is 0 Å². The Hall–Kier alpha value is -0.0600. The van der Waals surface area contributed by atoms with Crippen molar-refractivity contribution < 1.29 is 4.79 Å². The number of carbonyl (C=O) groups is 1. The maximum absolute atomic E-state index is 12.6. The summed E-state index contributed by atoms with van der Waals surface area (Å²) in [5.74, 6) is 0.0585. The maximum atomic E-state index is 12.6. The van der Waals surface area contributed by atoms with Gasteiger partial charge < -0.3 is 4.90 Å². The predicted molar refractivity (Wildman–Crippen MR) is 86.2 cm³/mol. The van der Waals surface area contributed by atoms with Crippen molar-refractivity contribution in [1.29, 1.82) is 0 Å². The number of carbonyl (C=O) groups excluding carboxylic acids is 1. The molecule has 1 aliphatic carbocycles. The van der Waals surface area contributed by atoms with Gasteiger partial charge in [0.1, 0.15) is 0 Å². The van der Waals surface area contributed by atoms with E-state index in [9.17, 15) is 4.79 Å². The number of alkyl halides is 1. The third kappa shape index (κ3) is 3.73. The average Bonchev–Trinajstić information content (AvgIpc) is 2.31. The van der Waals surface area contributed by atoms with E-state index in [0.717, 1.165) is 35.6 Å². The van der Waals surface area contributed by atoms with Crippen molar-refractivity contribution in [2.75, 3.05) is 11.9 Å². The molecule has 104 valence electrons. The van der Waals surface area contributed by atoms with Gasteiger partial charge in [-0.3, -0.25) is 4.79 Å². The monoisotopic (exact) mass is 407 g/mol. The van der Waals surface area contributed by atoms with Crippen molar-refractivity contribution in [2.45, 2.75) is 31.7 Å². The Bertz CT molecular complexity index is 463. The molecule has 0 radical (unpaired) electrons. The number of hydrogen-bond donors (Lipinski definition) is 0. The molecule has 1 aromatic rings. The standard InChI is InChI=1S/C14H16Br2ClNO/c15-7-2-8-18(11-3-1-4-11)14(19)12-6-5-10(16)9-13(12)17/h5-6,9,11H,1-4,7-8H2. The first-order chi connectivity index (χ1) is 9.13.